The van der Waals surface area contributed by atoms with Crippen LogP contribution in [0.4, 0.5) is 0 Å². The number of Topliss-reactive ketones (excluding diaryl/α,β-unsaturated/α-hetero) is 1. The van der Waals surface area contributed by atoms with Crippen molar-refractivity contribution in [3.8, 4) is 0 Å². The van der Waals surface area contributed by atoms with Gasteiger partial charge in [-0.1, -0.05) is 18.2 Å². The van der Waals surface area contributed by atoms with Crippen molar-refractivity contribution in [2.45, 2.75) is 19.4 Å². The van der Waals surface area contributed by atoms with Gasteiger partial charge in [0.05, 0.1) is 12.5 Å². The summed E-state index contributed by atoms with van der Waals surface area (Å²) >= 11 is 0. The lowest BCUT2D eigenvalue weighted by Crippen LogP contribution is -2.34. The maximum absolute atomic E-state index is 11.9. The zero-order chi connectivity index (χ0) is 12.8. The molecule has 17 heavy (non-hydrogen) atoms. The van der Waals surface area contributed by atoms with E-state index in [9.17, 15) is 9.59 Å². The highest BCUT2D eigenvalue weighted by Crippen LogP contribution is 2.09. The predicted octanol–water partition coefficient (Wildman–Crippen LogP) is 0.157. The van der Waals surface area contributed by atoms with Gasteiger partial charge in [0, 0.05) is 5.56 Å². The summed E-state index contributed by atoms with van der Waals surface area (Å²) in [6, 6.07) is 6.13. The summed E-state index contributed by atoms with van der Waals surface area (Å²) in [5, 5.41) is 18.4. The molecule has 0 aliphatic rings. The zero-order valence-corrected chi connectivity index (χ0v) is 9.56. The van der Waals surface area contributed by atoms with Gasteiger partial charge in [-0.2, -0.15) is 0 Å². The first-order valence-corrected chi connectivity index (χ1v) is 5.27. The molecule has 0 saturated carbocycles. The van der Waals surface area contributed by atoms with E-state index in [-0.39, 0.29) is 18.9 Å². The fraction of sp³-hybridized carbons (Fsp3) is 0.333. The standard InChI is InChI=1S/C12H15NO4/c1-8(13-7-14)12(17)10-4-2-3-9(5-10)6-11(15)16/h2-5,8,13-14H,6-7H2,1H3,(H,15,16)/p+1. The van der Waals surface area contributed by atoms with Crippen LogP contribution < -0.4 is 5.32 Å². The van der Waals surface area contributed by atoms with Crippen molar-refractivity contribution in [1.29, 1.82) is 0 Å². The van der Waals surface area contributed by atoms with Gasteiger partial charge in [-0.3, -0.25) is 9.59 Å². The van der Waals surface area contributed by atoms with Gasteiger partial charge in [0.25, 0.3) is 0 Å². The summed E-state index contributed by atoms with van der Waals surface area (Å²) in [4.78, 5) is 22.4. The fourth-order valence-electron chi connectivity index (χ4n) is 1.50. The molecule has 5 heteroatoms. The minimum atomic E-state index is -0.924. The molecule has 1 atom stereocenters. The number of carbonyl (C=O) groups excluding carboxylic acids is 1. The molecule has 0 bridgehead atoms. The molecule has 1 rings (SSSR count). The normalized spacial score (nSPS) is 12.1. The van der Waals surface area contributed by atoms with Gasteiger partial charge in [0.1, 0.15) is 0 Å². The molecule has 92 valence electrons. The zero-order valence-electron chi connectivity index (χ0n) is 9.56. The van der Waals surface area contributed by atoms with E-state index in [0.717, 1.165) is 0 Å². The van der Waals surface area contributed by atoms with Gasteiger partial charge in [-0.15, -0.1) is 0 Å². The van der Waals surface area contributed by atoms with E-state index in [2.05, 4.69) is 5.32 Å². The Morgan fingerprint density at radius 1 is 1.47 bits per heavy atom. The van der Waals surface area contributed by atoms with Crippen LogP contribution in [0.1, 0.15) is 22.8 Å². The van der Waals surface area contributed by atoms with E-state index < -0.39 is 12.0 Å². The molecule has 5 nitrogen and oxygen atoms in total. The Balaban J connectivity index is 2.83. The van der Waals surface area contributed by atoms with Crippen LogP contribution in [0.5, 0.6) is 0 Å². The lowest BCUT2D eigenvalue weighted by Gasteiger charge is -2.09. The topological polar surface area (TPSA) is 89.3 Å². The van der Waals surface area contributed by atoms with Gasteiger partial charge in [0.2, 0.25) is 6.73 Å². The maximum Gasteiger partial charge on any atom is 0.307 e. The number of benzene rings is 1. The Hall–Kier alpha value is -1.72. The van der Waals surface area contributed by atoms with E-state index in [1.807, 2.05) is 0 Å². The largest absolute Gasteiger partial charge is 0.481 e. The second-order valence-corrected chi connectivity index (χ2v) is 3.74. The number of carboxylic acids is 1. The fourth-order valence-corrected chi connectivity index (χ4v) is 1.50. The molecule has 1 aromatic carbocycles. The minimum absolute atomic E-state index is 0.0261. The van der Waals surface area contributed by atoms with Gasteiger partial charge in [-0.25, -0.2) is 5.32 Å². The number of aliphatic carboxylic acids is 1. The molecule has 0 aromatic heterocycles. The third kappa shape index (κ3) is 3.97. The Morgan fingerprint density at radius 3 is 2.76 bits per heavy atom. The van der Waals surface area contributed by atoms with Crippen LogP contribution >= 0.6 is 0 Å². The van der Waals surface area contributed by atoms with Gasteiger partial charge in [0.15, 0.2) is 5.78 Å². The average Bonchev–Trinajstić information content (AvgIpc) is 2.28. The second-order valence-electron chi connectivity index (χ2n) is 3.74. The van der Waals surface area contributed by atoms with Gasteiger partial charge in [-0.05, 0) is 18.6 Å². The summed E-state index contributed by atoms with van der Waals surface area (Å²) in [6.07, 6.45) is -0.0959. The van der Waals surface area contributed by atoms with Crippen molar-refractivity contribution in [2.24, 2.45) is 0 Å². The van der Waals surface area contributed by atoms with Crippen LogP contribution in [-0.4, -0.2) is 34.7 Å². The SMILES string of the molecule is CC(NC[OH2+])C(=O)c1cccc(CC(=O)O)c1. The Kier molecular flexibility index (Phi) is 4.81. The lowest BCUT2D eigenvalue weighted by molar-refractivity contribution is -0.136. The van der Waals surface area contributed by atoms with Crippen molar-refractivity contribution >= 4 is 11.8 Å². The molecule has 0 heterocycles. The predicted molar refractivity (Wildman–Crippen MR) is 63.2 cm³/mol. The molecule has 1 aromatic rings. The molecule has 0 amide bonds. The van der Waals surface area contributed by atoms with Gasteiger partial charge >= 0.3 is 5.97 Å². The first-order valence-electron chi connectivity index (χ1n) is 5.27. The second kappa shape index (κ2) is 6.12. The molecule has 0 spiro atoms. The quantitative estimate of drug-likeness (QED) is 0.419. The molecule has 1 unspecified atom stereocenters. The highest BCUT2D eigenvalue weighted by molar-refractivity contribution is 6.00. The summed E-state index contributed by atoms with van der Waals surface area (Å²) in [5.41, 5.74) is 1.07. The number of rotatable bonds is 6. The maximum atomic E-state index is 11.9. The van der Waals surface area contributed by atoms with E-state index in [4.69, 9.17) is 10.2 Å². The summed E-state index contributed by atoms with van der Waals surface area (Å²) in [7, 11) is 0. The van der Waals surface area contributed by atoms with Crippen LogP contribution in [0.3, 0.4) is 0 Å². The number of ketones is 1. The summed E-state index contributed by atoms with van der Waals surface area (Å²) in [6.45, 7) is 1.66. The third-order valence-corrected chi connectivity index (χ3v) is 2.37. The van der Waals surface area contributed by atoms with Crippen molar-refractivity contribution < 1.29 is 19.8 Å². The Bertz CT molecular complexity index is 417. The highest BCUT2D eigenvalue weighted by Gasteiger charge is 2.15. The lowest BCUT2D eigenvalue weighted by atomic mass is 10.0. The monoisotopic (exact) mass is 238 g/mol. The van der Waals surface area contributed by atoms with Crippen molar-refractivity contribution in [2.75, 3.05) is 6.73 Å². The molecule has 4 N–H and O–H groups in total. The molecule has 0 saturated heterocycles. The molecule has 0 fully saturated rings. The number of nitrogens with one attached hydrogen (secondary N) is 1. The highest BCUT2D eigenvalue weighted by atomic mass is 16.4. The van der Waals surface area contributed by atoms with Gasteiger partial charge < -0.3 is 10.2 Å². The van der Waals surface area contributed by atoms with Crippen molar-refractivity contribution in [3.63, 3.8) is 0 Å². The molecule has 0 radical (unpaired) electrons. The molecule has 0 aliphatic carbocycles. The van der Waals surface area contributed by atoms with Crippen LogP contribution in [0.2, 0.25) is 0 Å². The van der Waals surface area contributed by atoms with E-state index in [1.165, 1.54) is 0 Å². The molecular weight excluding hydrogens is 222 g/mol. The Labute approximate surface area is 99.1 Å². The summed E-state index contributed by atoms with van der Waals surface area (Å²) in [5.74, 6) is -1.06. The van der Waals surface area contributed by atoms with E-state index >= 15 is 0 Å². The van der Waals surface area contributed by atoms with Crippen LogP contribution in [-0.2, 0) is 11.2 Å². The minimum Gasteiger partial charge on any atom is -0.481 e. The van der Waals surface area contributed by atoms with Crippen LogP contribution in [0, 0.1) is 0 Å². The number of hydrogen-bond acceptors (Lipinski definition) is 3. The van der Waals surface area contributed by atoms with Crippen molar-refractivity contribution in [1.82, 2.24) is 5.32 Å². The summed E-state index contributed by atoms with van der Waals surface area (Å²) < 4.78 is 0. The number of carbonyl (C=O) groups is 2. The van der Waals surface area contributed by atoms with Crippen LogP contribution in [0.15, 0.2) is 24.3 Å². The molecule has 0 aliphatic heterocycles. The first-order chi connectivity index (χ1) is 8.04. The Morgan fingerprint density at radius 2 is 2.18 bits per heavy atom. The van der Waals surface area contributed by atoms with E-state index in [1.54, 1.807) is 31.2 Å². The first kappa shape index (κ1) is 13.3. The van der Waals surface area contributed by atoms with Crippen molar-refractivity contribution in [3.05, 3.63) is 35.4 Å². The number of hydrogen-bond donors (Lipinski definition) is 2. The van der Waals surface area contributed by atoms with E-state index in [0.29, 0.717) is 11.1 Å². The molecular formula is C12H16NO4+. The average molecular weight is 238 g/mol. The van der Waals surface area contributed by atoms with Crippen LogP contribution in [0.25, 0.3) is 0 Å². The number of carboxylic acid groups (broad SMARTS) is 1. The smallest absolute Gasteiger partial charge is 0.307 e. The third-order valence-electron chi connectivity index (χ3n) is 2.37.